The smallest absolute Gasteiger partial charge is 0.419 e. The zero-order valence-corrected chi connectivity index (χ0v) is 12.0. The van der Waals surface area contributed by atoms with E-state index in [9.17, 15) is 18.0 Å². The molecule has 1 atom stereocenters. The molecule has 0 saturated heterocycles. The fourth-order valence-corrected chi connectivity index (χ4v) is 2.68. The Hall–Kier alpha value is -1.76. The van der Waals surface area contributed by atoms with Crippen molar-refractivity contribution in [1.82, 2.24) is 0 Å². The molecular weight excluding hydrogens is 301 g/mol. The molecule has 0 bridgehead atoms. The van der Waals surface area contributed by atoms with Crippen LogP contribution >= 0.6 is 0 Å². The number of hydrogen-bond acceptors (Lipinski definition) is 3. The third-order valence-corrected chi connectivity index (χ3v) is 3.79. The zero-order valence-electron chi connectivity index (χ0n) is 12.0. The van der Waals surface area contributed by atoms with Gasteiger partial charge < -0.3 is 14.6 Å². The minimum Gasteiger partial charge on any atom is -0.478 e. The summed E-state index contributed by atoms with van der Waals surface area (Å²) in [6.07, 6.45) is -1.84. The van der Waals surface area contributed by atoms with Crippen LogP contribution in [-0.2, 0) is 10.9 Å². The van der Waals surface area contributed by atoms with Crippen molar-refractivity contribution in [3.05, 3.63) is 29.3 Å². The number of alkyl halides is 3. The van der Waals surface area contributed by atoms with Crippen LogP contribution in [0.1, 0.15) is 41.6 Å². The van der Waals surface area contributed by atoms with Gasteiger partial charge in [-0.2, -0.15) is 13.2 Å². The van der Waals surface area contributed by atoms with E-state index < -0.39 is 29.7 Å². The highest BCUT2D eigenvalue weighted by molar-refractivity contribution is 5.88. The summed E-state index contributed by atoms with van der Waals surface area (Å²) in [6, 6.07) is 2.53. The average molecular weight is 318 g/mol. The Morgan fingerprint density at radius 1 is 1.32 bits per heavy atom. The topological polar surface area (TPSA) is 55.8 Å². The van der Waals surface area contributed by atoms with Crippen LogP contribution in [0.4, 0.5) is 13.2 Å². The normalized spacial score (nSPS) is 17.5. The number of carboxylic acids is 1. The van der Waals surface area contributed by atoms with E-state index in [0.29, 0.717) is 0 Å². The second kappa shape index (κ2) is 6.56. The summed E-state index contributed by atoms with van der Waals surface area (Å²) in [5.41, 5.74) is -1.26. The number of halogens is 3. The Morgan fingerprint density at radius 2 is 1.95 bits per heavy atom. The molecule has 1 aliphatic carbocycles. The van der Waals surface area contributed by atoms with Crippen LogP contribution < -0.4 is 4.74 Å². The van der Waals surface area contributed by atoms with E-state index in [0.717, 1.165) is 43.9 Å². The number of rotatable bonds is 5. The number of benzene rings is 1. The van der Waals surface area contributed by atoms with E-state index in [1.54, 1.807) is 0 Å². The molecule has 0 aliphatic heterocycles. The van der Waals surface area contributed by atoms with Crippen LogP contribution in [0.5, 0.6) is 5.75 Å². The standard InChI is InChI=1S/C15H17F3O4/c1-21-14(9-4-2-3-5-9)22-12-8-10(13(19)20)6-7-11(12)15(16,17)18/h6-9,14H,2-5H2,1H3,(H,19,20). The fraction of sp³-hybridized carbons (Fsp3) is 0.533. The van der Waals surface area contributed by atoms with Crippen LogP contribution in [0.15, 0.2) is 18.2 Å². The molecule has 1 aromatic rings. The highest BCUT2D eigenvalue weighted by Gasteiger charge is 2.36. The molecule has 0 amide bonds. The van der Waals surface area contributed by atoms with E-state index in [-0.39, 0.29) is 11.5 Å². The first-order valence-electron chi connectivity index (χ1n) is 6.97. The summed E-state index contributed by atoms with van der Waals surface area (Å²) in [5.74, 6) is -1.81. The number of carbonyl (C=O) groups is 1. The first-order chi connectivity index (χ1) is 10.3. The van der Waals surface area contributed by atoms with Crippen LogP contribution in [0.3, 0.4) is 0 Å². The first-order valence-corrected chi connectivity index (χ1v) is 6.97. The van der Waals surface area contributed by atoms with Crippen molar-refractivity contribution >= 4 is 5.97 Å². The molecule has 1 saturated carbocycles. The fourth-order valence-electron chi connectivity index (χ4n) is 2.68. The van der Waals surface area contributed by atoms with Crippen molar-refractivity contribution in [3.8, 4) is 5.75 Å². The Balaban J connectivity index is 2.33. The molecule has 1 aliphatic rings. The molecule has 0 heterocycles. The molecule has 0 spiro atoms. The van der Waals surface area contributed by atoms with Crippen LogP contribution in [0.25, 0.3) is 0 Å². The third-order valence-electron chi connectivity index (χ3n) is 3.79. The average Bonchev–Trinajstić information content (AvgIpc) is 2.97. The number of hydrogen-bond donors (Lipinski definition) is 1. The summed E-state index contributed by atoms with van der Waals surface area (Å²) < 4.78 is 49.7. The maximum absolute atomic E-state index is 13.0. The van der Waals surface area contributed by atoms with Crippen molar-refractivity contribution < 1.29 is 32.5 Å². The van der Waals surface area contributed by atoms with Crippen LogP contribution in [0.2, 0.25) is 0 Å². The minimum atomic E-state index is -4.62. The molecule has 1 fully saturated rings. The van der Waals surface area contributed by atoms with E-state index >= 15 is 0 Å². The quantitative estimate of drug-likeness (QED) is 0.835. The van der Waals surface area contributed by atoms with Crippen LogP contribution in [0, 0.1) is 5.92 Å². The van der Waals surface area contributed by atoms with Crippen molar-refractivity contribution in [2.45, 2.75) is 38.1 Å². The van der Waals surface area contributed by atoms with Gasteiger partial charge in [-0.3, -0.25) is 0 Å². The van der Waals surface area contributed by atoms with E-state index in [1.165, 1.54) is 7.11 Å². The molecule has 1 unspecified atom stereocenters. The van der Waals surface area contributed by atoms with E-state index in [4.69, 9.17) is 14.6 Å². The minimum absolute atomic E-state index is 0.0135. The molecule has 122 valence electrons. The number of ether oxygens (including phenoxy) is 2. The second-order valence-electron chi connectivity index (χ2n) is 5.28. The predicted molar refractivity (Wildman–Crippen MR) is 71.8 cm³/mol. The molecule has 1 aromatic carbocycles. The van der Waals surface area contributed by atoms with Gasteiger partial charge in [0.15, 0.2) is 0 Å². The lowest BCUT2D eigenvalue weighted by molar-refractivity contribution is -0.143. The lowest BCUT2D eigenvalue weighted by atomic mass is 10.1. The Morgan fingerprint density at radius 3 is 2.45 bits per heavy atom. The van der Waals surface area contributed by atoms with E-state index in [2.05, 4.69) is 0 Å². The highest BCUT2D eigenvalue weighted by Crippen LogP contribution is 2.39. The van der Waals surface area contributed by atoms with Gasteiger partial charge >= 0.3 is 12.1 Å². The first kappa shape index (κ1) is 16.6. The van der Waals surface area contributed by atoms with Gasteiger partial charge in [-0.1, -0.05) is 12.8 Å². The predicted octanol–water partition coefficient (Wildman–Crippen LogP) is 3.95. The van der Waals surface area contributed by atoms with Gasteiger partial charge in [0.25, 0.3) is 0 Å². The maximum atomic E-state index is 13.0. The van der Waals surface area contributed by atoms with Gasteiger partial charge in [-0.25, -0.2) is 4.79 Å². The van der Waals surface area contributed by atoms with Gasteiger partial charge in [0.1, 0.15) is 5.75 Å². The molecule has 2 rings (SSSR count). The lowest BCUT2D eigenvalue weighted by Crippen LogP contribution is -2.28. The third kappa shape index (κ3) is 3.71. The molecular formula is C15H17F3O4. The summed E-state index contributed by atoms with van der Waals surface area (Å²) >= 11 is 0. The van der Waals surface area contributed by atoms with Crippen molar-refractivity contribution in [3.63, 3.8) is 0 Å². The Bertz CT molecular complexity index is 536. The SMILES string of the molecule is COC(Oc1cc(C(=O)O)ccc1C(F)(F)F)C1CCCC1. The summed E-state index contributed by atoms with van der Waals surface area (Å²) in [4.78, 5) is 11.0. The molecule has 0 aromatic heterocycles. The van der Waals surface area contributed by atoms with E-state index in [1.807, 2.05) is 0 Å². The zero-order chi connectivity index (χ0) is 16.3. The number of aromatic carboxylic acids is 1. The molecule has 7 heteroatoms. The second-order valence-corrected chi connectivity index (χ2v) is 5.28. The Labute approximate surface area is 125 Å². The van der Waals surface area contributed by atoms with Crippen molar-refractivity contribution in [2.75, 3.05) is 7.11 Å². The molecule has 22 heavy (non-hydrogen) atoms. The van der Waals surface area contributed by atoms with Gasteiger partial charge in [-0.05, 0) is 31.0 Å². The van der Waals surface area contributed by atoms with Crippen molar-refractivity contribution in [2.24, 2.45) is 5.92 Å². The molecule has 0 radical (unpaired) electrons. The molecule has 1 N–H and O–H groups in total. The Kier molecular flexibility index (Phi) is 4.95. The summed E-state index contributed by atoms with van der Waals surface area (Å²) in [7, 11) is 1.37. The summed E-state index contributed by atoms with van der Waals surface area (Å²) in [5, 5.41) is 8.94. The van der Waals surface area contributed by atoms with Crippen molar-refractivity contribution in [1.29, 1.82) is 0 Å². The number of methoxy groups -OCH3 is 1. The van der Waals surface area contributed by atoms with Gasteiger partial charge in [0, 0.05) is 13.0 Å². The van der Waals surface area contributed by atoms with Gasteiger partial charge in [0.05, 0.1) is 11.1 Å². The van der Waals surface area contributed by atoms with Crippen LogP contribution in [-0.4, -0.2) is 24.5 Å². The summed E-state index contributed by atoms with van der Waals surface area (Å²) in [6.45, 7) is 0. The highest BCUT2D eigenvalue weighted by atomic mass is 19.4. The van der Waals surface area contributed by atoms with Gasteiger partial charge in [-0.15, -0.1) is 0 Å². The van der Waals surface area contributed by atoms with Gasteiger partial charge in [0.2, 0.25) is 6.29 Å². The number of carboxylic acid groups (broad SMARTS) is 1. The molecule has 4 nitrogen and oxygen atoms in total. The largest absolute Gasteiger partial charge is 0.478 e. The maximum Gasteiger partial charge on any atom is 0.419 e. The lowest BCUT2D eigenvalue weighted by Gasteiger charge is -2.25. The monoisotopic (exact) mass is 318 g/mol.